The second-order valence-corrected chi connectivity index (χ2v) is 10.4. The number of alkyl halides is 3. The minimum atomic E-state index is -4.49. The van der Waals surface area contributed by atoms with Crippen molar-refractivity contribution in [2.45, 2.75) is 50.9 Å². The molecule has 5 rings (SSSR count). The minimum absolute atomic E-state index is 0.0415. The number of likely N-dealkylation sites (tertiary alicyclic amines) is 1. The maximum absolute atomic E-state index is 13.8. The Morgan fingerprint density at radius 1 is 1.07 bits per heavy atom. The Morgan fingerprint density at radius 3 is 2.55 bits per heavy atom. The van der Waals surface area contributed by atoms with E-state index in [1.165, 1.54) is 10.9 Å². The number of benzene rings is 2. The molecule has 1 saturated heterocycles. The summed E-state index contributed by atoms with van der Waals surface area (Å²) < 4.78 is 49.3. The van der Waals surface area contributed by atoms with Crippen LogP contribution in [-0.2, 0) is 37.7 Å². The van der Waals surface area contributed by atoms with Crippen LogP contribution in [0.25, 0.3) is 11.3 Å². The lowest BCUT2D eigenvalue weighted by Gasteiger charge is -2.41. The molecule has 40 heavy (non-hydrogen) atoms. The van der Waals surface area contributed by atoms with Crippen molar-refractivity contribution in [2.24, 2.45) is 7.05 Å². The number of halogens is 3. The van der Waals surface area contributed by atoms with E-state index in [2.05, 4.69) is 42.8 Å². The van der Waals surface area contributed by atoms with Crippen LogP contribution in [0.5, 0.6) is 0 Å². The van der Waals surface area contributed by atoms with Crippen molar-refractivity contribution in [3.05, 3.63) is 82.8 Å². The molecule has 1 aliphatic heterocycles. The highest BCUT2D eigenvalue weighted by Gasteiger charge is 2.35. The van der Waals surface area contributed by atoms with Crippen LogP contribution in [0.3, 0.4) is 0 Å². The normalized spacial score (nSPS) is 18.5. The Bertz CT molecular complexity index is 1400. The van der Waals surface area contributed by atoms with Crippen molar-refractivity contribution < 1.29 is 17.9 Å². The number of nitrogens with one attached hydrogen (secondary N) is 1. The molecule has 1 aliphatic rings. The fourth-order valence-electron chi connectivity index (χ4n) is 5.32. The highest BCUT2D eigenvalue weighted by atomic mass is 19.4. The molecule has 2 aromatic heterocycles. The van der Waals surface area contributed by atoms with Crippen LogP contribution in [0.1, 0.15) is 47.0 Å². The van der Waals surface area contributed by atoms with Crippen LogP contribution >= 0.6 is 0 Å². The molecular weight excluding hydrogens is 521 g/mol. The third-order valence-electron chi connectivity index (χ3n) is 7.14. The van der Waals surface area contributed by atoms with Crippen molar-refractivity contribution in [3.63, 3.8) is 0 Å². The van der Waals surface area contributed by atoms with Crippen LogP contribution < -0.4 is 0 Å². The maximum atomic E-state index is 13.8. The van der Waals surface area contributed by atoms with Gasteiger partial charge in [0.2, 0.25) is 0 Å². The number of nitrogens with zero attached hydrogens (tertiary/aromatic N) is 7. The lowest BCUT2D eigenvalue weighted by Crippen LogP contribution is -2.42. The van der Waals surface area contributed by atoms with Gasteiger partial charge in [0.1, 0.15) is 11.4 Å². The van der Waals surface area contributed by atoms with Crippen molar-refractivity contribution >= 4 is 0 Å². The van der Waals surface area contributed by atoms with Gasteiger partial charge in [-0.1, -0.05) is 35.5 Å². The third-order valence-corrected chi connectivity index (χ3v) is 7.14. The molecule has 0 amide bonds. The van der Waals surface area contributed by atoms with Gasteiger partial charge < -0.3 is 9.64 Å². The van der Waals surface area contributed by atoms with E-state index in [1.807, 2.05) is 37.2 Å². The summed E-state index contributed by atoms with van der Waals surface area (Å²) in [5.74, 6) is 0. The van der Waals surface area contributed by atoms with E-state index in [0.29, 0.717) is 29.9 Å². The van der Waals surface area contributed by atoms with Gasteiger partial charge in [-0.15, -0.1) is 5.10 Å². The number of hydrogen-bond acceptors (Lipinski definition) is 7. The van der Waals surface area contributed by atoms with Crippen LogP contribution in [0.4, 0.5) is 13.2 Å². The van der Waals surface area contributed by atoms with E-state index in [-0.39, 0.29) is 18.8 Å². The van der Waals surface area contributed by atoms with E-state index in [4.69, 9.17) is 4.74 Å². The zero-order valence-corrected chi connectivity index (χ0v) is 22.8. The van der Waals surface area contributed by atoms with Crippen LogP contribution in [0.2, 0.25) is 0 Å². The van der Waals surface area contributed by atoms with Gasteiger partial charge >= 0.3 is 6.18 Å². The number of aromatic nitrogens is 6. The van der Waals surface area contributed by atoms with Gasteiger partial charge in [0.15, 0.2) is 0 Å². The summed E-state index contributed by atoms with van der Waals surface area (Å²) in [5, 5.41) is 19.2. The smallest absolute Gasteiger partial charge is 0.372 e. The molecule has 212 valence electrons. The molecule has 12 heteroatoms. The Hall–Kier alpha value is -3.61. The number of ether oxygens (including phenoxy) is 1. The Kier molecular flexibility index (Phi) is 8.29. The van der Waals surface area contributed by atoms with Gasteiger partial charge in [0.25, 0.3) is 0 Å². The molecule has 0 bridgehead atoms. The third kappa shape index (κ3) is 6.40. The number of H-pyrrole nitrogens is 1. The number of aryl methyl sites for hydroxylation is 1. The first-order valence-corrected chi connectivity index (χ1v) is 13.2. The van der Waals surface area contributed by atoms with Crippen molar-refractivity contribution in [3.8, 4) is 11.3 Å². The van der Waals surface area contributed by atoms with Crippen LogP contribution in [0.15, 0.2) is 54.7 Å². The zero-order chi connectivity index (χ0) is 28.3. The fraction of sp³-hybridized carbons (Fsp3) is 0.429. The van der Waals surface area contributed by atoms with Gasteiger partial charge in [-0.3, -0.25) is 4.90 Å². The lowest BCUT2D eigenvalue weighted by atomic mass is 9.92. The summed E-state index contributed by atoms with van der Waals surface area (Å²) >= 11 is 0. The molecule has 0 saturated carbocycles. The predicted octanol–water partition coefficient (Wildman–Crippen LogP) is 4.60. The van der Waals surface area contributed by atoms with Gasteiger partial charge in [-0.05, 0) is 62.8 Å². The average Bonchev–Trinajstić information content (AvgIpc) is 3.55. The largest absolute Gasteiger partial charge is 0.416 e. The summed E-state index contributed by atoms with van der Waals surface area (Å²) in [6.45, 7) is 2.13. The Balaban J connectivity index is 1.41. The molecule has 1 N–H and O–H groups in total. The van der Waals surface area contributed by atoms with Crippen molar-refractivity contribution in [1.82, 2.24) is 40.2 Å². The summed E-state index contributed by atoms with van der Waals surface area (Å²) in [6, 6.07) is 14.0. The van der Waals surface area contributed by atoms with E-state index in [1.54, 1.807) is 13.1 Å². The number of piperidine rings is 1. The summed E-state index contributed by atoms with van der Waals surface area (Å²) in [6.07, 6.45) is -1.58. The van der Waals surface area contributed by atoms with Gasteiger partial charge in [-0.25, -0.2) is 4.68 Å². The number of aromatic amines is 1. The van der Waals surface area contributed by atoms with Crippen molar-refractivity contribution in [2.75, 3.05) is 20.6 Å². The summed E-state index contributed by atoms with van der Waals surface area (Å²) in [7, 11) is 5.62. The second-order valence-electron chi connectivity index (χ2n) is 10.4. The second kappa shape index (κ2) is 11.9. The first-order chi connectivity index (χ1) is 19.2. The number of rotatable bonds is 9. The highest BCUT2D eigenvalue weighted by molar-refractivity contribution is 5.61. The summed E-state index contributed by atoms with van der Waals surface area (Å²) in [4.78, 5) is 4.38. The summed E-state index contributed by atoms with van der Waals surface area (Å²) in [5.41, 5.74) is 3.47. The molecule has 0 spiro atoms. The van der Waals surface area contributed by atoms with Crippen molar-refractivity contribution in [1.29, 1.82) is 0 Å². The van der Waals surface area contributed by atoms with Crippen LogP contribution in [-0.4, -0.2) is 66.9 Å². The Labute approximate surface area is 230 Å². The zero-order valence-electron chi connectivity index (χ0n) is 22.8. The van der Waals surface area contributed by atoms with Crippen LogP contribution in [0, 0.1) is 0 Å². The SMILES string of the molecule is CN(C)Cc1n[nH]nc1CN1CCCC(OCc2cc(-c3cnnn3C)cc(C(F)(F)F)c2)C1c1ccccc1. The standard InChI is InChI=1S/C28H33F3N8O/c1-37(2)16-23-24(34-35-33-23)17-39-11-7-10-26(27(39)20-8-5-4-6-9-20)40-18-19-12-21(25-15-32-36-38(25)3)14-22(13-19)28(29,30)31/h4-6,8-9,12-15,26-27H,7,10-11,16-18H2,1-3H3,(H,33,34,35). The molecule has 2 aromatic carbocycles. The number of hydrogen-bond donors (Lipinski definition) is 1. The van der Waals surface area contributed by atoms with E-state index >= 15 is 0 Å². The monoisotopic (exact) mass is 554 g/mol. The molecule has 1 fully saturated rings. The average molecular weight is 555 g/mol. The van der Waals surface area contributed by atoms with Gasteiger partial charge in [-0.2, -0.15) is 28.6 Å². The maximum Gasteiger partial charge on any atom is 0.416 e. The molecule has 2 unspecified atom stereocenters. The van der Waals surface area contributed by atoms with E-state index in [0.717, 1.165) is 48.5 Å². The fourth-order valence-corrected chi connectivity index (χ4v) is 5.32. The molecule has 4 aromatic rings. The highest BCUT2D eigenvalue weighted by Crippen LogP contribution is 2.37. The molecule has 9 nitrogen and oxygen atoms in total. The molecular formula is C28H33F3N8O. The van der Waals surface area contributed by atoms with E-state index < -0.39 is 11.7 Å². The predicted molar refractivity (Wildman–Crippen MR) is 143 cm³/mol. The molecule has 0 aliphatic carbocycles. The molecule has 3 heterocycles. The Morgan fingerprint density at radius 2 is 1.85 bits per heavy atom. The lowest BCUT2D eigenvalue weighted by molar-refractivity contribution is -0.137. The molecule has 2 atom stereocenters. The first kappa shape index (κ1) is 27.9. The minimum Gasteiger partial charge on any atom is -0.372 e. The first-order valence-electron chi connectivity index (χ1n) is 13.2. The van der Waals surface area contributed by atoms with Gasteiger partial charge in [0, 0.05) is 25.7 Å². The van der Waals surface area contributed by atoms with Gasteiger partial charge in [0.05, 0.1) is 36.2 Å². The topological polar surface area (TPSA) is 88.0 Å². The quantitative estimate of drug-likeness (QED) is 0.324. The van der Waals surface area contributed by atoms with E-state index in [9.17, 15) is 13.2 Å². The molecule has 0 radical (unpaired) electrons.